The molecule has 0 saturated heterocycles. The summed E-state index contributed by atoms with van der Waals surface area (Å²) in [5.74, 6) is 0. The van der Waals surface area contributed by atoms with E-state index in [0.29, 0.717) is 12.6 Å². The Hall–Kier alpha value is -1.16. The van der Waals surface area contributed by atoms with Gasteiger partial charge in [0.05, 0.1) is 0 Å². The summed E-state index contributed by atoms with van der Waals surface area (Å²) in [6.45, 7) is 4.71. The van der Waals surface area contributed by atoms with Gasteiger partial charge in [-0.1, -0.05) is 64.5 Å². The molecule has 0 radical (unpaired) electrons. The molecule has 2 N–H and O–H groups in total. The van der Waals surface area contributed by atoms with Crippen molar-refractivity contribution in [2.45, 2.75) is 19.5 Å². The minimum Gasteiger partial charge on any atom is -0.329 e. The van der Waals surface area contributed by atoms with Crippen LogP contribution in [0.5, 0.6) is 0 Å². The highest BCUT2D eigenvalue weighted by molar-refractivity contribution is 9.10. The molecule has 2 aromatic rings. The van der Waals surface area contributed by atoms with Gasteiger partial charge >= 0.3 is 0 Å². The fourth-order valence-corrected chi connectivity index (χ4v) is 3.02. The van der Waals surface area contributed by atoms with E-state index in [-0.39, 0.29) is 0 Å². The Morgan fingerprint density at radius 3 is 2.35 bits per heavy atom. The minimum atomic E-state index is 0.328. The molecule has 20 heavy (non-hydrogen) atoms. The normalized spacial score (nSPS) is 12.6. The molecule has 1 unspecified atom stereocenters. The molecule has 1 atom stereocenters. The van der Waals surface area contributed by atoms with Crippen LogP contribution in [0.1, 0.15) is 24.1 Å². The van der Waals surface area contributed by atoms with Crippen LogP contribution in [0.3, 0.4) is 0 Å². The molecule has 3 heteroatoms. The molecule has 0 amide bonds. The maximum absolute atomic E-state index is 5.78. The summed E-state index contributed by atoms with van der Waals surface area (Å²) in [6, 6.07) is 19.3. The third-order valence-corrected chi connectivity index (χ3v) is 4.27. The second kappa shape index (κ2) is 7.58. The van der Waals surface area contributed by atoms with E-state index in [0.717, 1.165) is 17.6 Å². The van der Waals surface area contributed by atoms with Gasteiger partial charge in [-0.2, -0.15) is 0 Å². The SMILES string of the molecule is CC(c1ccccc1Br)N(CCN)Cc1ccccc1. The number of hydrogen-bond acceptors (Lipinski definition) is 2. The molecular weight excluding hydrogens is 312 g/mol. The van der Waals surface area contributed by atoms with Crippen LogP contribution in [0.2, 0.25) is 0 Å². The summed E-state index contributed by atoms with van der Waals surface area (Å²) in [5.41, 5.74) is 8.41. The molecule has 106 valence electrons. The Morgan fingerprint density at radius 2 is 1.70 bits per heavy atom. The van der Waals surface area contributed by atoms with E-state index in [2.05, 4.69) is 70.2 Å². The van der Waals surface area contributed by atoms with Crippen molar-refractivity contribution in [2.24, 2.45) is 5.73 Å². The zero-order valence-corrected chi connectivity index (χ0v) is 13.4. The zero-order valence-electron chi connectivity index (χ0n) is 11.8. The third kappa shape index (κ3) is 3.92. The predicted molar refractivity (Wildman–Crippen MR) is 88.5 cm³/mol. The smallest absolute Gasteiger partial charge is 0.0335 e. The second-order valence-electron chi connectivity index (χ2n) is 4.94. The highest BCUT2D eigenvalue weighted by Gasteiger charge is 2.17. The van der Waals surface area contributed by atoms with Gasteiger partial charge in [0.2, 0.25) is 0 Å². The molecule has 0 aliphatic heterocycles. The van der Waals surface area contributed by atoms with E-state index >= 15 is 0 Å². The molecule has 2 nitrogen and oxygen atoms in total. The Bertz CT molecular complexity index is 528. The Morgan fingerprint density at radius 1 is 1.05 bits per heavy atom. The van der Waals surface area contributed by atoms with Crippen LogP contribution in [0.4, 0.5) is 0 Å². The van der Waals surface area contributed by atoms with Crippen LogP contribution in [-0.2, 0) is 6.54 Å². The Labute approximate surface area is 129 Å². The molecule has 0 fully saturated rings. The minimum absolute atomic E-state index is 0.328. The standard InChI is InChI=1S/C17H21BrN2/c1-14(16-9-5-6-10-17(16)18)20(12-11-19)13-15-7-3-2-4-8-15/h2-10,14H,11-13,19H2,1H3. The van der Waals surface area contributed by atoms with Gasteiger partial charge in [-0.15, -0.1) is 0 Å². The summed E-state index contributed by atoms with van der Waals surface area (Å²) in [5, 5.41) is 0. The summed E-state index contributed by atoms with van der Waals surface area (Å²) < 4.78 is 1.16. The summed E-state index contributed by atoms with van der Waals surface area (Å²) in [7, 11) is 0. The third-order valence-electron chi connectivity index (χ3n) is 3.55. The van der Waals surface area contributed by atoms with Crippen molar-refractivity contribution in [3.63, 3.8) is 0 Å². The molecule has 0 aliphatic carbocycles. The number of halogens is 1. The number of rotatable bonds is 6. The first kappa shape index (κ1) is 15.2. The van der Waals surface area contributed by atoms with E-state index in [1.54, 1.807) is 0 Å². The first-order chi connectivity index (χ1) is 9.72. The van der Waals surface area contributed by atoms with Crippen LogP contribution >= 0.6 is 15.9 Å². The molecule has 0 bridgehead atoms. The van der Waals surface area contributed by atoms with Gasteiger partial charge in [-0.05, 0) is 24.1 Å². The van der Waals surface area contributed by atoms with Gasteiger partial charge < -0.3 is 5.73 Å². The van der Waals surface area contributed by atoms with Crippen LogP contribution in [0.25, 0.3) is 0 Å². The first-order valence-electron chi connectivity index (χ1n) is 6.95. The molecule has 2 aromatic carbocycles. The molecular formula is C17H21BrN2. The van der Waals surface area contributed by atoms with Crippen molar-refractivity contribution in [2.75, 3.05) is 13.1 Å². The van der Waals surface area contributed by atoms with Crippen molar-refractivity contribution >= 4 is 15.9 Å². The summed E-state index contributed by atoms with van der Waals surface area (Å²) in [6.07, 6.45) is 0. The maximum atomic E-state index is 5.78. The lowest BCUT2D eigenvalue weighted by Gasteiger charge is -2.29. The molecule has 0 aromatic heterocycles. The lowest BCUT2D eigenvalue weighted by molar-refractivity contribution is 0.207. The van der Waals surface area contributed by atoms with Crippen molar-refractivity contribution in [1.82, 2.24) is 4.90 Å². The Balaban J connectivity index is 2.18. The first-order valence-corrected chi connectivity index (χ1v) is 7.74. The predicted octanol–water partition coefficient (Wildman–Crippen LogP) is 3.97. The van der Waals surface area contributed by atoms with E-state index in [9.17, 15) is 0 Å². The van der Waals surface area contributed by atoms with Crippen LogP contribution in [0, 0.1) is 0 Å². The number of benzene rings is 2. The molecule has 2 rings (SSSR count). The largest absolute Gasteiger partial charge is 0.329 e. The van der Waals surface area contributed by atoms with Gasteiger partial charge in [-0.25, -0.2) is 0 Å². The summed E-state index contributed by atoms with van der Waals surface area (Å²) >= 11 is 3.64. The fourth-order valence-electron chi connectivity index (χ4n) is 2.40. The van der Waals surface area contributed by atoms with E-state index < -0.39 is 0 Å². The monoisotopic (exact) mass is 332 g/mol. The number of hydrogen-bond donors (Lipinski definition) is 1. The van der Waals surface area contributed by atoms with Gasteiger partial charge in [0.15, 0.2) is 0 Å². The fraction of sp³-hybridized carbons (Fsp3) is 0.294. The van der Waals surface area contributed by atoms with E-state index in [1.165, 1.54) is 11.1 Å². The summed E-state index contributed by atoms with van der Waals surface area (Å²) in [4.78, 5) is 2.41. The van der Waals surface area contributed by atoms with Crippen molar-refractivity contribution in [3.05, 3.63) is 70.2 Å². The molecule has 0 aliphatic rings. The topological polar surface area (TPSA) is 29.3 Å². The Kier molecular flexibility index (Phi) is 5.77. The average molecular weight is 333 g/mol. The van der Waals surface area contributed by atoms with Crippen LogP contribution < -0.4 is 5.73 Å². The van der Waals surface area contributed by atoms with E-state index in [4.69, 9.17) is 5.73 Å². The van der Waals surface area contributed by atoms with Crippen LogP contribution in [0.15, 0.2) is 59.1 Å². The van der Waals surface area contributed by atoms with Crippen molar-refractivity contribution < 1.29 is 0 Å². The molecule has 0 saturated carbocycles. The van der Waals surface area contributed by atoms with Gasteiger partial charge in [0.25, 0.3) is 0 Å². The highest BCUT2D eigenvalue weighted by atomic mass is 79.9. The van der Waals surface area contributed by atoms with Crippen molar-refractivity contribution in [1.29, 1.82) is 0 Å². The second-order valence-corrected chi connectivity index (χ2v) is 5.80. The highest BCUT2D eigenvalue weighted by Crippen LogP contribution is 2.28. The lowest BCUT2D eigenvalue weighted by atomic mass is 10.1. The van der Waals surface area contributed by atoms with Gasteiger partial charge in [-0.3, -0.25) is 4.90 Å². The van der Waals surface area contributed by atoms with Crippen molar-refractivity contribution in [3.8, 4) is 0 Å². The number of nitrogens with zero attached hydrogens (tertiary/aromatic N) is 1. The average Bonchev–Trinajstić information content (AvgIpc) is 2.48. The quantitative estimate of drug-likeness (QED) is 0.867. The van der Waals surface area contributed by atoms with Gasteiger partial charge in [0.1, 0.15) is 0 Å². The van der Waals surface area contributed by atoms with Gasteiger partial charge in [0, 0.05) is 30.1 Å². The number of nitrogens with two attached hydrogens (primary N) is 1. The molecule has 0 spiro atoms. The zero-order chi connectivity index (χ0) is 14.4. The van der Waals surface area contributed by atoms with E-state index in [1.807, 2.05) is 12.1 Å². The molecule has 0 heterocycles. The van der Waals surface area contributed by atoms with Crippen LogP contribution in [-0.4, -0.2) is 18.0 Å². The lowest BCUT2D eigenvalue weighted by Crippen LogP contribution is -2.31. The maximum Gasteiger partial charge on any atom is 0.0335 e.